The van der Waals surface area contributed by atoms with Crippen LogP contribution in [0, 0.1) is 5.82 Å². The lowest BCUT2D eigenvalue weighted by Crippen LogP contribution is -2.29. The monoisotopic (exact) mass is 305 g/mol. The Labute approximate surface area is 122 Å². The van der Waals surface area contributed by atoms with Crippen molar-refractivity contribution >= 4 is 34.7 Å². The summed E-state index contributed by atoms with van der Waals surface area (Å²) in [4.78, 5) is 36.2. The molecule has 2 heterocycles. The van der Waals surface area contributed by atoms with Gasteiger partial charge >= 0.3 is 5.97 Å². The first-order valence-electron chi connectivity index (χ1n) is 5.94. The van der Waals surface area contributed by atoms with Gasteiger partial charge in [0.25, 0.3) is 11.7 Å². The molecule has 1 amide bonds. The molecule has 0 unspecified atom stereocenters. The summed E-state index contributed by atoms with van der Waals surface area (Å²) in [6, 6.07) is 5.11. The Bertz CT molecular complexity index is 783. The van der Waals surface area contributed by atoms with Gasteiger partial charge in [-0.25, -0.2) is 9.18 Å². The molecule has 0 saturated heterocycles. The molecule has 1 aromatic carbocycles. The van der Waals surface area contributed by atoms with Crippen LogP contribution in [0.4, 0.5) is 10.1 Å². The first-order valence-corrected chi connectivity index (χ1v) is 6.82. The minimum Gasteiger partial charge on any atom is -0.477 e. The molecule has 2 aromatic rings. The number of halogens is 1. The maximum absolute atomic E-state index is 13.2. The summed E-state index contributed by atoms with van der Waals surface area (Å²) in [7, 11) is 0. The molecule has 0 fully saturated rings. The van der Waals surface area contributed by atoms with E-state index < -0.39 is 23.5 Å². The number of Topliss-reactive ketones (excluding diaryl/α,β-unsaturated/α-hetero) is 1. The van der Waals surface area contributed by atoms with Crippen molar-refractivity contribution in [2.75, 3.05) is 4.90 Å². The van der Waals surface area contributed by atoms with Crippen LogP contribution in [0.15, 0.2) is 29.6 Å². The molecule has 106 valence electrons. The summed E-state index contributed by atoms with van der Waals surface area (Å²) < 4.78 is 13.2. The van der Waals surface area contributed by atoms with Crippen molar-refractivity contribution < 1.29 is 23.9 Å². The zero-order valence-corrected chi connectivity index (χ0v) is 11.3. The number of rotatable bonds is 3. The predicted molar refractivity (Wildman–Crippen MR) is 73.2 cm³/mol. The molecular weight excluding hydrogens is 297 g/mol. The van der Waals surface area contributed by atoms with Gasteiger partial charge in [0, 0.05) is 0 Å². The number of hydrogen-bond donors (Lipinski definition) is 1. The van der Waals surface area contributed by atoms with Gasteiger partial charge in [-0.15, -0.1) is 11.3 Å². The molecule has 0 bridgehead atoms. The fraction of sp³-hybridized carbons (Fsp3) is 0.0714. The number of hydrogen-bond acceptors (Lipinski definition) is 4. The standard InChI is InChI=1S/C14H8FNO4S/c15-8-1-2-10-9(5-8)11(17)13(18)16(10)6-7-3-4-21-12(7)14(19)20/h1-5H,6H2,(H,19,20). The van der Waals surface area contributed by atoms with E-state index in [1.165, 1.54) is 11.0 Å². The van der Waals surface area contributed by atoms with E-state index in [2.05, 4.69) is 0 Å². The van der Waals surface area contributed by atoms with Crippen molar-refractivity contribution in [1.82, 2.24) is 0 Å². The van der Waals surface area contributed by atoms with Crippen LogP contribution in [0.5, 0.6) is 0 Å². The topological polar surface area (TPSA) is 74.7 Å². The van der Waals surface area contributed by atoms with Crippen LogP contribution in [0.3, 0.4) is 0 Å². The largest absolute Gasteiger partial charge is 0.477 e. The van der Waals surface area contributed by atoms with Crippen molar-refractivity contribution in [3.8, 4) is 0 Å². The zero-order chi connectivity index (χ0) is 15.1. The SMILES string of the molecule is O=C1C(=O)N(Cc2ccsc2C(=O)O)c2ccc(F)cc21. The average Bonchev–Trinajstić information content (AvgIpc) is 2.99. The molecule has 0 radical (unpaired) electrons. The van der Waals surface area contributed by atoms with Crippen LogP contribution in [-0.2, 0) is 11.3 Å². The zero-order valence-electron chi connectivity index (χ0n) is 10.5. The van der Waals surface area contributed by atoms with Crippen molar-refractivity contribution in [2.24, 2.45) is 0 Å². The van der Waals surface area contributed by atoms with Crippen molar-refractivity contribution in [3.63, 3.8) is 0 Å². The molecule has 0 aliphatic carbocycles. The van der Waals surface area contributed by atoms with Crippen molar-refractivity contribution in [1.29, 1.82) is 0 Å². The van der Waals surface area contributed by atoms with E-state index >= 15 is 0 Å². The minimum absolute atomic E-state index is 0.00658. The smallest absolute Gasteiger partial charge is 0.346 e. The van der Waals surface area contributed by atoms with Gasteiger partial charge in [0.1, 0.15) is 10.7 Å². The summed E-state index contributed by atoms with van der Waals surface area (Å²) >= 11 is 1.04. The van der Waals surface area contributed by atoms with E-state index in [1.54, 1.807) is 11.4 Å². The highest BCUT2D eigenvalue weighted by Crippen LogP contribution is 2.32. The molecule has 0 saturated carbocycles. The number of carboxylic acids is 1. The first kappa shape index (κ1) is 13.4. The predicted octanol–water partition coefficient (Wildman–Crippen LogP) is 2.31. The van der Waals surface area contributed by atoms with E-state index in [9.17, 15) is 18.8 Å². The van der Waals surface area contributed by atoms with Crippen LogP contribution in [-0.4, -0.2) is 22.8 Å². The number of nitrogens with zero attached hydrogens (tertiary/aromatic N) is 1. The Morgan fingerprint density at radius 1 is 1.29 bits per heavy atom. The molecule has 1 aromatic heterocycles. The number of carbonyl (C=O) groups is 3. The number of ketones is 1. The van der Waals surface area contributed by atoms with Gasteiger partial charge in [-0.1, -0.05) is 0 Å². The van der Waals surface area contributed by atoms with E-state index in [0.29, 0.717) is 11.3 Å². The quantitative estimate of drug-likeness (QED) is 0.883. The molecule has 3 rings (SSSR count). The van der Waals surface area contributed by atoms with E-state index in [4.69, 9.17) is 5.11 Å². The van der Waals surface area contributed by atoms with Gasteiger partial charge in [0.2, 0.25) is 0 Å². The Morgan fingerprint density at radius 3 is 2.76 bits per heavy atom. The van der Waals surface area contributed by atoms with Gasteiger partial charge in [-0.05, 0) is 35.2 Å². The average molecular weight is 305 g/mol. The third kappa shape index (κ3) is 2.11. The Balaban J connectivity index is 2.01. The highest BCUT2D eigenvalue weighted by atomic mass is 32.1. The summed E-state index contributed by atoms with van der Waals surface area (Å²) in [5, 5.41) is 10.7. The van der Waals surface area contributed by atoms with Crippen molar-refractivity contribution in [2.45, 2.75) is 6.54 Å². The highest BCUT2D eigenvalue weighted by molar-refractivity contribution is 7.12. The molecule has 5 nitrogen and oxygen atoms in total. The summed E-state index contributed by atoms with van der Waals surface area (Å²) in [6.45, 7) is -0.0334. The number of carbonyl (C=O) groups excluding carboxylic acids is 2. The first-order chi connectivity index (χ1) is 9.99. The van der Waals surface area contributed by atoms with Gasteiger partial charge in [0.05, 0.1) is 17.8 Å². The summed E-state index contributed by atoms with van der Waals surface area (Å²) in [5.74, 6) is -3.24. The van der Waals surface area contributed by atoms with Crippen LogP contribution >= 0.6 is 11.3 Å². The van der Waals surface area contributed by atoms with E-state index in [0.717, 1.165) is 23.5 Å². The third-order valence-corrected chi connectivity index (χ3v) is 4.15. The highest BCUT2D eigenvalue weighted by Gasteiger charge is 2.36. The molecule has 0 spiro atoms. The number of benzene rings is 1. The van der Waals surface area contributed by atoms with Crippen LogP contribution in [0.1, 0.15) is 25.6 Å². The van der Waals surface area contributed by atoms with Gasteiger partial charge < -0.3 is 10.0 Å². The number of carboxylic acid groups (broad SMARTS) is 1. The fourth-order valence-electron chi connectivity index (χ4n) is 2.25. The molecule has 1 aliphatic rings. The number of aromatic carboxylic acids is 1. The van der Waals surface area contributed by atoms with Gasteiger partial charge in [-0.2, -0.15) is 0 Å². The maximum Gasteiger partial charge on any atom is 0.346 e. The lowest BCUT2D eigenvalue weighted by molar-refractivity contribution is -0.114. The Morgan fingerprint density at radius 2 is 2.05 bits per heavy atom. The third-order valence-electron chi connectivity index (χ3n) is 3.20. The molecule has 1 aliphatic heterocycles. The molecule has 7 heteroatoms. The summed E-state index contributed by atoms with van der Waals surface area (Å²) in [6.07, 6.45) is 0. The maximum atomic E-state index is 13.2. The van der Waals surface area contributed by atoms with E-state index in [1.807, 2.05) is 0 Å². The second-order valence-corrected chi connectivity index (χ2v) is 5.38. The lowest BCUT2D eigenvalue weighted by atomic mass is 10.1. The van der Waals surface area contributed by atoms with Gasteiger partial charge in [-0.3, -0.25) is 9.59 Å². The van der Waals surface area contributed by atoms with Crippen LogP contribution in [0.25, 0.3) is 0 Å². The molecular formula is C14H8FNO4S. The lowest BCUT2D eigenvalue weighted by Gasteiger charge is -2.16. The van der Waals surface area contributed by atoms with E-state index in [-0.39, 0.29) is 17.0 Å². The fourth-order valence-corrected chi connectivity index (χ4v) is 3.00. The van der Waals surface area contributed by atoms with Crippen LogP contribution < -0.4 is 4.90 Å². The van der Waals surface area contributed by atoms with Crippen molar-refractivity contribution in [3.05, 3.63) is 51.5 Å². The number of fused-ring (bicyclic) bond motifs is 1. The minimum atomic E-state index is -1.09. The van der Waals surface area contributed by atoms with Crippen LogP contribution in [0.2, 0.25) is 0 Å². The Hall–Kier alpha value is -2.54. The molecule has 1 N–H and O–H groups in total. The number of anilines is 1. The number of amides is 1. The van der Waals surface area contributed by atoms with Gasteiger partial charge in [0.15, 0.2) is 0 Å². The molecule has 21 heavy (non-hydrogen) atoms. The number of thiophene rings is 1. The molecule has 0 atom stereocenters. The summed E-state index contributed by atoms with van der Waals surface area (Å²) in [5.41, 5.74) is 0.742. The second kappa shape index (κ2) is 4.78. The normalized spacial score (nSPS) is 13.7. The second-order valence-electron chi connectivity index (χ2n) is 4.46. The Kier molecular flexibility index (Phi) is 3.06.